The number of thiol groups is 1. The number of benzene rings is 1. The lowest BCUT2D eigenvalue weighted by molar-refractivity contribution is 0.310. The van der Waals surface area contributed by atoms with Gasteiger partial charge in [-0.1, -0.05) is 6.07 Å². The van der Waals surface area contributed by atoms with Crippen molar-refractivity contribution >= 4 is 10.7 Å². The maximum Gasteiger partial charge on any atom is 0.161 e. The molecule has 0 fully saturated rings. The first kappa shape index (κ1) is 12.8. The van der Waals surface area contributed by atoms with E-state index in [9.17, 15) is 8.42 Å². The van der Waals surface area contributed by atoms with Gasteiger partial charge in [0.25, 0.3) is 0 Å². The first-order chi connectivity index (χ1) is 7.67. The van der Waals surface area contributed by atoms with Crippen molar-refractivity contribution in [1.29, 1.82) is 0 Å². The normalized spacial score (nSPS) is 10.4. The summed E-state index contributed by atoms with van der Waals surface area (Å²) < 4.78 is 31.5. The monoisotopic (exact) mass is 244 g/mol. The average Bonchev–Trinajstić information content (AvgIpc) is 2.27. The molecule has 0 aliphatic carbocycles. The summed E-state index contributed by atoms with van der Waals surface area (Å²) in [6, 6.07) is 5.46. The highest BCUT2D eigenvalue weighted by Crippen LogP contribution is 2.28. The highest BCUT2D eigenvalue weighted by atomic mass is 32.2. The van der Waals surface area contributed by atoms with Crippen molar-refractivity contribution in [2.75, 3.05) is 19.5 Å². The summed E-state index contributed by atoms with van der Waals surface area (Å²) in [5.41, 5.74) is 0.934. The minimum absolute atomic E-state index is 0.160. The van der Waals surface area contributed by atoms with E-state index < -0.39 is 10.7 Å². The van der Waals surface area contributed by atoms with Crippen molar-refractivity contribution in [2.24, 2.45) is 0 Å². The summed E-state index contributed by atoms with van der Waals surface area (Å²) in [5, 5.41) is 0. The van der Waals surface area contributed by atoms with Gasteiger partial charge in [0, 0.05) is 0 Å². The topological polar surface area (TPSA) is 52.6 Å². The van der Waals surface area contributed by atoms with Gasteiger partial charge in [-0.15, -0.1) is 0 Å². The summed E-state index contributed by atoms with van der Waals surface area (Å²) in [7, 11) is -0.750. The van der Waals surface area contributed by atoms with E-state index in [1.165, 1.54) is 0 Å². The van der Waals surface area contributed by atoms with Gasteiger partial charge in [-0.3, -0.25) is 0 Å². The lowest BCUT2D eigenvalue weighted by atomic mass is 10.1. The Labute approximate surface area is 97.1 Å². The predicted octanol–water partition coefficient (Wildman–Crippen LogP) is 1.25. The van der Waals surface area contributed by atoms with Gasteiger partial charge >= 0.3 is 0 Å². The maximum absolute atomic E-state index is 10.5. The van der Waals surface area contributed by atoms with Gasteiger partial charge in [0.2, 0.25) is 0 Å². The van der Waals surface area contributed by atoms with Crippen molar-refractivity contribution in [2.45, 2.75) is 13.3 Å². The molecule has 0 unspecified atom stereocenters. The molecule has 0 atom stereocenters. The predicted molar refractivity (Wildman–Crippen MR) is 63.0 cm³/mol. The molecule has 4 nitrogen and oxygen atoms in total. The number of methoxy groups -OCH3 is 1. The van der Waals surface area contributed by atoms with Crippen LogP contribution in [0.2, 0.25) is 0 Å². The first-order valence-electron chi connectivity index (χ1n) is 5.09. The Bertz CT molecular complexity index is 404. The van der Waals surface area contributed by atoms with Crippen LogP contribution in [-0.2, 0) is 17.1 Å². The zero-order chi connectivity index (χ0) is 12.0. The van der Waals surface area contributed by atoms with Gasteiger partial charge in [0.1, 0.15) is 10.7 Å². The second-order valence-corrected chi connectivity index (χ2v) is 4.34. The van der Waals surface area contributed by atoms with Crippen LogP contribution in [0.25, 0.3) is 0 Å². The van der Waals surface area contributed by atoms with Gasteiger partial charge in [0.15, 0.2) is 11.5 Å². The molecule has 0 saturated carbocycles. The summed E-state index contributed by atoms with van der Waals surface area (Å²) in [5.74, 6) is 1.48. The van der Waals surface area contributed by atoms with E-state index in [2.05, 4.69) is 0 Å². The van der Waals surface area contributed by atoms with Crippen LogP contribution in [0, 0.1) is 0 Å². The third-order valence-electron chi connectivity index (χ3n) is 2.11. The van der Waals surface area contributed by atoms with Crippen LogP contribution in [0.5, 0.6) is 11.5 Å². The van der Waals surface area contributed by atoms with E-state index in [0.717, 1.165) is 5.56 Å². The van der Waals surface area contributed by atoms with Gasteiger partial charge in [-0.25, -0.2) is 8.42 Å². The van der Waals surface area contributed by atoms with E-state index in [0.29, 0.717) is 24.5 Å². The molecule has 0 radical (unpaired) electrons. The van der Waals surface area contributed by atoms with Crippen molar-refractivity contribution in [3.05, 3.63) is 23.8 Å². The molecule has 0 aliphatic heterocycles. The molecule has 0 amide bonds. The minimum Gasteiger partial charge on any atom is -0.493 e. The second kappa shape index (κ2) is 6.37. The molecule has 16 heavy (non-hydrogen) atoms. The third kappa shape index (κ3) is 3.73. The lowest BCUT2D eigenvalue weighted by Gasteiger charge is -2.10. The largest absolute Gasteiger partial charge is 0.493 e. The van der Waals surface area contributed by atoms with Crippen molar-refractivity contribution in [1.82, 2.24) is 0 Å². The van der Waals surface area contributed by atoms with Crippen LogP contribution >= 0.6 is 0 Å². The lowest BCUT2D eigenvalue weighted by Crippen LogP contribution is -1.98. The van der Waals surface area contributed by atoms with Crippen LogP contribution in [-0.4, -0.2) is 27.9 Å². The standard InChI is InChI=1S/C11H16O4S/c1-3-15-11-8-9(6-7-16(12)13)4-5-10(11)14-2/h4-5,8,16H,3,6-7H2,1-2H3. The fourth-order valence-electron chi connectivity index (χ4n) is 1.37. The molecule has 90 valence electrons. The molecule has 1 aromatic rings. The molecular formula is C11H16O4S. The Morgan fingerprint density at radius 2 is 2.00 bits per heavy atom. The Morgan fingerprint density at radius 1 is 1.25 bits per heavy atom. The van der Waals surface area contributed by atoms with E-state index in [-0.39, 0.29) is 5.75 Å². The zero-order valence-corrected chi connectivity index (χ0v) is 10.3. The smallest absolute Gasteiger partial charge is 0.161 e. The highest BCUT2D eigenvalue weighted by molar-refractivity contribution is 7.72. The molecule has 1 aromatic carbocycles. The van der Waals surface area contributed by atoms with E-state index in [4.69, 9.17) is 9.47 Å². The van der Waals surface area contributed by atoms with Crippen molar-refractivity contribution in [3.63, 3.8) is 0 Å². The van der Waals surface area contributed by atoms with Crippen molar-refractivity contribution in [3.8, 4) is 11.5 Å². The summed E-state index contributed by atoms with van der Waals surface area (Å²) in [4.78, 5) is 0. The van der Waals surface area contributed by atoms with Gasteiger partial charge in [-0.05, 0) is 31.0 Å². The summed E-state index contributed by atoms with van der Waals surface area (Å²) in [6.07, 6.45) is 0.503. The van der Waals surface area contributed by atoms with Crippen LogP contribution in [0.1, 0.15) is 12.5 Å². The minimum atomic E-state index is -2.33. The fourth-order valence-corrected chi connectivity index (χ4v) is 1.81. The Balaban J connectivity index is 2.83. The summed E-state index contributed by atoms with van der Waals surface area (Å²) >= 11 is 0. The van der Waals surface area contributed by atoms with Crippen LogP contribution < -0.4 is 9.47 Å². The molecule has 0 spiro atoms. The van der Waals surface area contributed by atoms with Crippen LogP contribution in [0.4, 0.5) is 0 Å². The van der Waals surface area contributed by atoms with E-state index >= 15 is 0 Å². The number of aryl methyl sites for hydroxylation is 1. The Morgan fingerprint density at radius 3 is 2.56 bits per heavy atom. The summed E-state index contributed by atoms with van der Waals surface area (Å²) in [6.45, 7) is 2.44. The third-order valence-corrected chi connectivity index (χ3v) is 2.70. The van der Waals surface area contributed by atoms with E-state index in [1.807, 2.05) is 19.1 Å². The van der Waals surface area contributed by atoms with Crippen LogP contribution in [0.3, 0.4) is 0 Å². The van der Waals surface area contributed by atoms with E-state index in [1.54, 1.807) is 13.2 Å². The number of hydrogen-bond acceptors (Lipinski definition) is 4. The molecule has 5 heteroatoms. The molecule has 0 bridgehead atoms. The van der Waals surface area contributed by atoms with Crippen molar-refractivity contribution < 1.29 is 17.9 Å². The highest BCUT2D eigenvalue weighted by Gasteiger charge is 2.05. The average molecular weight is 244 g/mol. The second-order valence-electron chi connectivity index (χ2n) is 3.22. The zero-order valence-electron chi connectivity index (χ0n) is 9.43. The molecule has 0 aromatic heterocycles. The Kier molecular flexibility index (Phi) is 5.11. The quantitative estimate of drug-likeness (QED) is 0.765. The maximum atomic E-state index is 10.5. The molecular weight excluding hydrogens is 228 g/mol. The first-order valence-corrected chi connectivity index (χ1v) is 6.45. The van der Waals surface area contributed by atoms with Crippen LogP contribution in [0.15, 0.2) is 18.2 Å². The molecule has 0 aliphatic rings. The molecule has 0 saturated heterocycles. The fraction of sp³-hybridized carbons (Fsp3) is 0.455. The SMILES string of the molecule is CCOc1cc(CC[SH](=O)=O)ccc1OC. The molecule has 1 rings (SSSR count). The Hall–Kier alpha value is -1.23. The number of ether oxygens (including phenoxy) is 2. The number of rotatable bonds is 6. The van der Waals surface area contributed by atoms with Gasteiger partial charge < -0.3 is 9.47 Å². The molecule has 0 N–H and O–H groups in total. The molecule has 0 heterocycles. The van der Waals surface area contributed by atoms with Gasteiger partial charge in [0.05, 0.1) is 19.5 Å². The number of hydrogen-bond donors (Lipinski definition) is 1. The van der Waals surface area contributed by atoms with Gasteiger partial charge in [-0.2, -0.15) is 0 Å².